The van der Waals surface area contributed by atoms with Crippen molar-refractivity contribution in [1.29, 1.82) is 0 Å². The molecule has 0 saturated carbocycles. The normalized spacial score (nSPS) is 12.5. The highest BCUT2D eigenvalue weighted by atomic mass is 35.5. The van der Waals surface area contributed by atoms with Gasteiger partial charge in [0.1, 0.15) is 5.52 Å². The van der Waals surface area contributed by atoms with E-state index in [1.54, 1.807) is 37.3 Å². The largest absolute Gasteiger partial charge is 0.481 e. The number of aliphatic carboxylic acids is 1. The number of aromatic nitrogens is 1. The molecule has 3 aromatic rings. The third-order valence-electron chi connectivity index (χ3n) is 3.37. The van der Waals surface area contributed by atoms with Crippen molar-refractivity contribution in [3.8, 4) is 11.5 Å². The van der Waals surface area contributed by atoms with Crippen molar-refractivity contribution in [3.05, 3.63) is 53.1 Å². The van der Waals surface area contributed by atoms with Gasteiger partial charge >= 0.3 is 5.97 Å². The van der Waals surface area contributed by atoms with E-state index in [9.17, 15) is 4.79 Å². The Kier molecular flexibility index (Phi) is 3.39. The molecule has 5 heteroatoms. The second-order valence-corrected chi connectivity index (χ2v) is 5.25. The van der Waals surface area contributed by atoms with Gasteiger partial charge < -0.3 is 9.52 Å². The van der Waals surface area contributed by atoms with Crippen molar-refractivity contribution in [2.24, 2.45) is 0 Å². The van der Waals surface area contributed by atoms with Crippen LogP contribution in [0.25, 0.3) is 22.6 Å². The molecule has 2 aromatic carbocycles. The van der Waals surface area contributed by atoms with E-state index < -0.39 is 11.9 Å². The fraction of sp³-hybridized carbons (Fsp3) is 0.125. The fourth-order valence-corrected chi connectivity index (χ4v) is 2.20. The number of fused-ring (bicyclic) bond motifs is 1. The molecule has 1 N–H and O–H groups in total. The van der Waals surface area contributed by atoms with E-state index >= 15 is 0 Å². The Hall–Kier alpha value is -2.33. The molecule has 1 heterocycles. The van der Waals surface area contributed by atoms with Crippen molar-refractivity contribution < 1.29 is 14.3 Å². The number of rotatable bonds is 3. The standard InChI is InChI=1S/C16H12ClNO3/c1-9(16(19)20)11-4-7-14-13(8-11)18-15(21-14)10-2-5-12(17)6-3-10/h2-9H,1H3,(H,19,20)/t9-/m0/s1. The Labute approximate surface area is 126 Å². The lowest BCUT2D eigenvalue weighted by molar-refractivity contribution is -0.138. The lowest BCUT2D eigenvalue weighted by Crippen LogP contribution is -2.06. The zero-order chi connectivity index (χ0) is 15.0. The van der Waals surface area contributed by atoms with Crippen LogP contribution in [0.4, 0.5) is 0 Å². The van der Waals surface area contributed by atoms with Gasteiger partial charge in [0.15, 0.2) is 5.58 Å². The van der Waals surface area contributed by atoms with Gasteiger partial charge in [0.05, 0.1) is 5.92 Å². The van der Waals surface area contributed by atoms with Crippen LogP contribution in [0.3, 0.4) is 0 Å². The van der Waals surface area contributed by atoms with Crippen molar-refractivity contribution >= 4 is 28.7 Å². The number of carboxylic acid groups (broad SMARTS) is 1. The Morgan fingerprint density at radius 2 is 1.95 bits per heavy atom. The highest BCUT2D eigenvalue weighted by Crippen LogP contribution is 2.27. The van der Waals surface area contributed by atoms with E-state index in [-0.39, 0.29) is 0 Å². The van der Waals surface area contributed by atoms with E-state index in [0.29, 0.717) is 27.6 Å². The number of carboxylic acids is 1. The lowest BCUT2D eigenvalue weighted by Gasteiger charge is -2.04. The average molecular weight is 302 g/mol. The van der Waals surface area contributed by atoms with Crippen LogP contribution in [0.5, 0.6) is 0 Å². The van der Waals surface area contributed by atoms with Crippen molar-refractivity contribution in [1.82, 2.24) is 4.98 Å². The van der Waals surface area contributed by atoms with Gasteiger partial charge in [-0.1, -0.05) is 17.7 Å². The molecular weight excluding hydrogens is 290 g/mol. The van der Waals surface area contributed by atoms with Gasteiger partial charge in [0.2, 0.25) is 5.89 Å². The van der Waals surface area contributed by atoms with Gasteiger partial charge in [0.25, 0.3) is 0 Å². The van der Waals surface area contributed by atoms with Crippen LogP contribution < -0.4 is 0 Å². The van der Waals surface area contributed by atoms with E-state index in [4.69, 9.17) is 21.1 Å². The summed E-state index contributed by atoms with van der Waals surface area (Å²) in [5.74, 6) is -0.956. The zero-order valence-corrected chi connectivity index (χ0v) is 12.0. The molecule has 0 fully saturated rings. The SMILES string of the molecule is C[C@H](C(=O)O)c1ccc2oc(-c3ccc(Cl)cc3)nc2c1. The summed E-state index contributed by atoms with van der Waals surface area (Å²) < 4.78 is 5.69. The maximum absolute atomic E-state index is 11.0. The molecular formula is C16H12ClNO3. The Bertz CT molecular complexity index is 808. The van der Waals surface area contributed by atoms with Crippen LogP contribution in [-0.4, -0.2) is 16.1 Å². The smallest absolute Gasteiger partial charge is 0.310 e. The summed E-state index contributed by atoms with van der Waals surface area (Å²) in [5, 5.41) is 9.71. The van der Waals surface area contributed by atoms with Crippen molar-refractivity contribution in [3.63, 3.8) is 0 Å². The summed E-state index contributed by atoms with van der Waals surface area (Å²) >= 11 is 5.86. The van der Waals surface area contributed by atoms with Gasteiger partial charge in [-0.15, -0.1) is 0 Å². The number of oxazole rings is 1. The number of hydrogen-bond acceptors (Lipinski definition) is 3. The summed E-state index contributed by atoms with van der Waals surface area (Å²) in [7, 11) is 0. The topological polar surface area (TPSA) is 63.3 Å². The predicted octanol–water partition coefficient (Wildman–Crippen LogP) is 4.34. The molecule has 0 spiro atoms. The monoisotopic (exact) mass is 301 g/mol. The summed E-state index contributed by atoms with van der Waals surface area (Å²) in [6, 6.07) is 12.4. The van der Waals surface area contributed by atoms with E-state index in [0.717, 1.165) is 5.56 Å². The van der Waals surface area contributed by atoms with Crippen molar-refractivity contribution in [2.45, 2.75) is 12.8 Å². The minimum absolute atomic E-state index is 0.488. The molecule has 1 aromatic heterocycles. The lowest BCUT2D eigenvalue weighted by atomic mass is 10.0. The second kappa shape index (κ2) is 5.22. The minimum Gasteiger partial charge on any atom is -0.481 e. The van der Waals surface area contributed by atoms with Crippen molar-refractivity contribution in [2.75, 3.05) is 0 Å². The summed E-state index contributed by atoms with van der Waals surface area (Å²) in [6.45, 7) is 1.64. The van der Waals surface area contributed by atoms with E-state index in [1.165, 1.54) is 0 Å². The average Bonchev–Trinajstić information content (AvgIpc) is 2.89. The highest BCUT2D eigenvalue weighted by molar-refractivity contribution is 6.30. The first-order valence-electron chi connectivity index (χ1n) is 6.44. The molecule has 21 heavy (non-hydrogen) atoms. The van der Waals surface area contributed by atoms with E-state index in [1.807, 2.05) is 12.1 Å². The molecule has 0 bridgehead atoms. The molecule has 4 nitrogen and oxygen atoms in total. The molecule has 0 unspecified atom stereocenters. The fourth-order valence-electron chi connectivity index (χ4n) is 2.07. The Balaban J connectivity index is 2.04. The number of benzene rings is 2. The summed E-state index contributed by atoms with van der Waals surface area (Å²) in [4.78, 5) is 15.5. The maximum Gasteiger partial charge on any atom is 0.310 e. The van der Waals surface area contributed by atoms with E-state index in [2.05, 4.69) is 4.98 Å². The second-order valence-electron chi connectivity index (χ2n) is 4.81. The number of hydrogen-bond donors (Lipinski definition) is 1. The maximum atomic E-state index is 11.0. The molecule has 0 radical (unpaired) electrons. The quantitative estimate of drug-likeness (QED) is 0.781. The molecule has 3 rings (SSSR count). The molecule has 0 saturated heterocycles. The number of halogens is 1. The summed E-state index contributed by atoms with van der Waals surface area (Å²) in [5.41, 5.74) is 2.79. The van der Waals surface area contributed by atoms with Crippen LogP contribution >= 0.6 is 11.6 Å². The Morgan fingerprint density at radius 3 is 2.62 bits per heavy atom. The molecule has 0 aliphatic rings. The molecule has 0 aliphatic carbocycles. The minimum atomic E-state index is -0.865. The van der Waals surface area contributed by atoms with Crippen LogP contribution in [0.15, 0.2) is 46.9 Å². The number of nitrogens with zero attached hydrogens (tertiary/aromatic N) is 1. The molecule has 0 aliphatic heterocycles. The highest BCUT2D eigenvalue weighted by Gasteiger charge is 2.16. The third kappa shape index (κ3) is 2.62. The Morgan fingerprint density at radius 1 is 1.24 bits per heavy atom. The first-order chi connectivity index (χ1) is 10.0. The van der Waals surface area contributed by atoms with Gasteiger partial charge in [0, 0.05) is 10.6 Å². The van der Waals surface area contributed by atoms with Gasteiger partial charge in [-0.3, -0.25) is 4.79 Å². The molecule has 0 amide bonds. The van der Waals surface area contributed by atoms with Crippen LogP contribution in [-0.2, 0) is 4.79 Å². The first kappa shape index (κ1) is 13.6. The first-order valence-corrected chi connectivity index (χ1v) is 6.81. The van der Waals surface area contributed by atoms with Gasteiger partial charge in [-0.25, -0.2) is 4.98 Å². The van der Waals surface area contributed by atoms with Crippen LogP contribution in [0, 0.1) is 0 Å². The van der Waals surface area contributed by atoms with Gasteiger partial charge in [-0.05, 0) is 48.9 Å². The van der Waals surface area contributed by atoms with Crippen LogP contribution in [0.1, 0.15) is 18.4 Å². The van der Waals surface area contributed by atoms with Gasteiger partial charge in [-0.2, -0.15) is 0 Å². The predicted molar refractivity (Wildman–Crippen MR) is 80.5 cm³/mol. The molecule has 1 atom stereocenters. The zero-order valence-electron chi connectivity index (χ0n) is 11.2. The summed E-state index contributed by atoms with van der Waals surface area (Å²) in [6.07, 6.45) is 0. The third-order valence-corrected chi connectivity index (χ3v) is 3.63. The number of carbonyl (C=O) groups is 1. The van der Waals surface area contributed by atoms with Crippen LogP contribution in [0.2, 0.25) is 5.02 Å². The molecule has 106 valence electrons.